The van der Waals surface area contributed by atoms with Gasteiger partial charge in [0.05, 0.1) is 0 Å². The minimum atomic E-state index is -1.55. The zero-order valence-electron chi connectivity index (χ0n) is 13.0. The molecule has 6 nitrogen and oxygen atoms in total. The molecule has 0 saturated heterocycles. The summed E-state index contributed by atoms with van der Waals surface area (Å²) in [5.41, 5.74) is 1.66. The van der Waals surface area contributed by atoms with Crippen molar-refractivity contribution >= 4 is 12.1 Å². The molecular formula is C16H21NO5. The molecule has 120 valence electrons. The molecule has 1 amide bonds. The highest BCUT2D eigenvalue weighted by Gasteiger charge is 2.26. The summed E-state index contributed by atoms with van der Waals surface area (Å²) in [6.07, 6.45) is -1.26. The van der Waals surface area contributed by atoms with Gasteiger partial charge in [-0.05, 0) is 43.9 Å². The quantitative estimate of drug-likeness (QED) is 0.873. The van der Waals surface area contributed by atoms with Crippen LogP contribution in [0.2, 0.25) is 0 Å². The third kappa shape index (κ3) is 3.76. The van der Waals surface area contributed by atoms with Crippen molar-refractivity contribution in [1.82, 2.24) is 4.90 Å². The lowest BCUT2D eigenvalue weighted by molar-refractivity contribution is -0.146. The first kappa shape index (κ1) is 16.3. The average molecular weight is 307 g/mol. The van der Waals surface area contributed by atoms with Gasteiger partial charge in [0.25, 0.3) is 0 Å². The molecule has 1 aromatic carbocycles. The van der Waals surface area contributed by atoms with E-state index in [0.29, 0.717) is 25.1 Å². The highest BCUT2D eigenvalue weighted by molar-refractivity contribution is 5.74. The number of carboxylic acids is 1. The molecule has 0 spiro atoms. The highest BCUT2D eigenvalue weighted by Crippen LogP contribution is 2.24. The van der Waals surface area contributed by atoms with E-state index in [1.54, 1.807) is 17.0 Å². The first-order valence-corrected chi connectivity index (χ1v) is 7.18. The molecule has 0 aromatic heterocycles. The molecule has 1 atom stereocenters. The van der Waals surface area contributed by atoms with Crippen molar-refractivity contribution in [2.45, 2.75) is 45.4 Å². The molecule has 1 heterocycles. The Morgan fingerprint density at radius 1 is 1.27 bits per heavy atom. The van der Waals surface area contributed by atoms with Crippen molar-refractivity contribution < 1.29 is 24.5 Å². The number of hydrogen-bond donors (Lipinski definition) is 2. The second-order valence-corrected chi connectivity index (χ2v) is 6.42. The fraction of sp³-hybridized carbons (Fsp3) is 0.500. The number of aliphatic carboxylic acids is 1. The van der Waals surface area contributed by atoms with Gasteiger partial charge in [0, 0.05) is 13.1 Å². The number of nitrogens with zero attached hydrogens (tertiary/aromatic N) is 1. The van der Waals surface area contributed by atoms with Crippen LogP contribution >= 0.6 is 0 Å². The van der Waals surface area contributed by atoms with E-state index in [1.807, 2.05) is 26.8 Å². The van der Waals surface area contributed by atoms with Gasteiger partial charge in [-0.2, -0.15) is 0 Å². The Hall–Kier alpha value is -2.08. The Balaban J connectivity index is 2.16. The van der Waals surface area contributed by atoms with E-state index in [-0.39, 0.29) is 6.09 Å². The molecule has 0 saturated carbocycles. The minimum absolute atomic E-state index is 0.317. The summed E-state index contributed by atoms with van der Waals surface area (Å²) < 4.78 is 5.35. The molecule has 0 aliphatic carbocycles. The number of benzene rings is 1. The zero-order valence-corrected chi connectivity index (χ0v) is 13.0. The van der Waals surface area contributed by atoms with E-state index in [1.165, 1.54) is 0 Å². The summed E-state index contributed by atoms with van der Waals surface area (Å²) in [4.78, 5) is 24.6. The number of rotatable bonds is 2. The summed E-state index contributed by atoms with van der Waals surface area (Å²) in [5.74, 6) is -1.29. The summed E-state index contributed by atoms with van der Waals surface area (Å²) in [5, 5.41) is 18.5. The van der Waals surface area contributed by atoms with Gasteiger partial charge in [0.1, 0.15) is 5.60 Å². The largest absolute Gasteiger partial charge is 0.479 e. The molecule has 1 aromatic rings. The van der Waals surface area contributed by atoms with Gasteiger partial charge < -0.3 is 19.8 Å². The van der Waals surface area contributed by atoms with E-state index in [2.05, 4.69) is 0 Å². The van der Waals surface area contributed by atoms with Crippen LogP contribution in [0.25, 0.3) is 0 Å². The number of fused-ring (bicyclic) bond motifs is 1. The molecule has 0 bridgehead atoms. The lowest BCUT2D eigenvalue weighted by Crippen LogP contribution is -2.39. The maximum absolute atomic E-state index is 12.1. The lowest BCUT2D eigenvalue weighted by Gasteiger charge is -2.31. The molecule has 2 N–H and O–H groups in total. The molecule has 22 heavy (non-hydrogen) atoms. The van der Waals surface area contributed by atoms with Gasteiger partial charge in [0.15, 0.2) is 6.10 Å². The van der Waals surface area contributed by atoms with Gasteiger partial charge in [0.2, 0.25) is 0 Å². The predicted octanol–water partition coefficient (Wildman–Crippen LogP) is 2.10. The third-order valence-electron chi connectivity index (χ3n) is 3.44. The van der Waals surface area contributed by atoms with Crippen molar-refractivity contribution in [2.75, 3.05) is 6.54 Å². The Labute approximate surface area is 129 Å². The fourth-order valence-corrected chi connectivity index (χ4v) is 2.37. The van der Waals surface area contributed by atoms with Gasteiger partial charge in [-0.3, -0.25) is 0 Å². The molecule has 1 aliphatic rings. The second kappa shape index (κ2) is 5.96. The Kier molecular flexibility index (Phi) is 4.42. The standard InChI is InChI=1S/C16H21NO5/c1-16(2,3)22-15(21)17-7-6-10-4-5-11(8-12(10)9-17)13(18)14(19)20/h4-5,8,13,18H,6-7,9H2,1-3H3,(H,19,20). The van der Waals surface area contributed by atoms with E-state index in [4.69, 9.17) is 9.84 Å². The lowest BCUT2D eigenvalue weighted by atomic mass is 9.96. The summed E-state index contributed by atoms with van der Waals surface area (Å²) >= 11 is 0. The van der Waals surface area contributed by atoms with Crippen LogP contribution in [0.1, 0.15) is 43.6 Å². The number of carbonyl (C=O) groups is 2. The van der Waals surface area contributed by atoms with Crippen molar-refractivity contribution in [3.63, 3.8) is 0 Å². The molecular weight excluding hydrogens is 286 g/mol. The maximum Gasteiger partial charge on any atom is 0.410 e. The number of aliphatic hydroxyl groups excluding tert-OH is 1. The molecule has 0 fully saturated rings. The normalized spacial score (nSPS) is 15.9. The number of amides is 1. The smallest absolute Gasteiger partial charge is 0.410 e. The monoisotopic (exact) mass is 307 g/mol. The average Bonchev–Trinajstić information content (AvgIpc) is 2.43. The molecule has 1 aliphatic heterocycles. The van der Waals surface area contributed by atoms with Crippen molar-refractivity contribution in [2.24, 2.45) is 0 Å². The number of aliphatic hydroxyl groups is 1. The van der Waals surface area contributed by atoms with Crippen LogP contribution in [0.5, 0.6) is 0 Å². The molecule has 1 unspecified atom stereocenters. The van der Waals surface area contributed by atoms with E-state index in [0.717, 1.165) is 11.1 Å². The minimum Gasteiger partial charge on any atom is -0.479 e. The maximum atomic E-state index is 12.1. The first-order valence-electron chi connectivity index (χ1n) is 7.18. The number of hydrogen-bond acceptors (Lipinski definition) is 4. The number of ether oxygens (including phenoxy) is 1. The summed E-state index contributed by atoms with van der Waals surface area (Å²) in [6, 6.07) is 5.06. The van der Waals surface area contributed by atoms with Crippen molar-refractivity contribution in [3.8, 4) is 0 Å². The van der Waals surface area contributed by atoms with E-state index >= 15 is 0 Å². The van der Waals surface area contributed by atoms with Crippen molar-refractivity contribution in [1.29, 1.82) is 0 Å². The van der Waals surface area contributed by atoms with Crippen LogP contribution in [0.15, 0.2) is 18.2 Å². The van der Waals surface area contributed by atoms with E-state index < -0.39 is 17.7 Å². The highest BCUT2D eigenvalue weighted by atomic mass is 16.6. The van der Waals surface area contributed by atoms with Gasteiger partial charge in [-0.1, -0.05) is 18.2 Å². The SMILES string of the molecule is CC(C)(C)OC(=O)N1CCc2ccc(C(O)C(=O)O)cc2C1. The second-order valence-electron chi connectivity index (χ2n) is 6.42. The number of carbonyl (C=O) groups excluding carboxylic acids is 1. The fourth-order valence-electron chi connectivity index (χ4n) is 2.37. The van der Waals surface area contributed by atoms with Gasteiger partial charge >= 0.3 is 12.1 Å². The first-order chi connectivity index (χ1) is 10.2. The zero-order chi connectivity index (χ0) is 16.5. The Morgan fingerprint density at radius 3 is 2.55 bits per heavy atom. The van der Waals surface area contributed by atoms with Crippen LogP contribution in [-0.4, -0.2) is 39.3 Å². The molecule has 6 heteroatoms. The van der Waals surface area contributed by atoms with Crippen LogP contribution in [0, 0.1) is 0 Å². The van der Waals surface area contributed by atoms with Crippen LogP contribution in [-0.2, 0) is 22.5 Å². The molecule has 0 radical (unpaired) electrons. The van der Waals surface area contributed by atoms with E-state index in [9.17, 15) is 14.7 Å². The topological polar surface area (TPSA) is 87.1 Å². The number of carboxylic acid groups (broad SMARTS) is 1. The molecule has 2 rings (SSSR count). The van der Waals surface area contributed by atoms with Crippen LogP contribution in [0.3, 0.4) is 0 Å². The van der Waals surface area contributed by atoms with Crippen LogP contribution in [0.4, 0.5) is 4.79 Å². The summed E-state index contributed by atoms with van der Waals surface area (Å²) in [6.45, 7) is 6.34. The van der Waals surface area contributed by atoms with Crippen LogP contribution < -0.4 is 0 Å². The summed E-state index contributed by atoms with van der Waals surface area (Å²) in [7, 11) is 0. The Bertz CT molecular complexity index is 591. The van der Waals surface area contributed by atoms with Crippen molar-refractivity contribution in [3.05, 3.63) is 34.9 Å². The van der Waals surface area contributed by atoms with Gasteiger partial charge in [-0.15, -0.1) is 0 Å². The third-order valence-corrected chi connectivity index (χ3v) is 3.44. The van der Waals surface area contributed by atoms with Gasteiger partial charge in [-0.25, -0.2) is 9.59 Å². The Morgan fingerprint density at radius 2 is 1.95 bits per heavy atom. The predicted molar refractivity (Wildman–Crippen MR) is 79.4 cm³/mol.